The maximum absolute atomic E-state index is 13.3. The molecule has 136 valence electrons. The van der Waals surface area contributed by atoms with Crippen molar-refractivity contribution < 1.29 is 9.21 Å². The fourth-order valence-corrected chi connectivity index (χ4v) is 3.89. The van der Waals surface area contributed by atoms with Gasteiger partial charge >= 0.3 is 0 Å². The Kier molecular flexibility index (Phi) is 3.83. The molecule has 0 unspecified atom stereocenters. The summed E-state index contributed by atoms with van der Waals surface area (Å²) in [4.78, 5) is 28.3. The molecule has 0 bridgehead atoms. The first-order valence-electron chi connectivity index (χ1n) is 9.19. The van der Waals surface area contributed by atoms with Gasteiger partial charge in [0.2, 0.25) is 5.76 Å². The van der Waals surface area contributed by atoms with Crippen LogP contribution in [0.15, 0.2) is 94.1 Å². The van der Waals surface area contributed by atoms with Gasteiger partial charge in [0.15, 0.2) is 5.43 Å². The maximum atomic E-state index is 13.3. The lowest BCUT2D eigenvalue weighted by Crippen LogP contribution is -2.29. The smallest absolute Gasteiger partial charge is 0.291 e. The van der Waals surface area contributed by atoms with Gasteiger partial charge in [-0.05, 0) is 23.3 Å². The molecule has 0 N–H and O–H groups in total. The van der Waals surface area contributed by atoms with E-state index in [1.807, 2.05) is 66.7 Å². The first kappa shape index (κ1) is 16.5. The summed E-state index contributed by atoms with van der Waals surface area (Å²) in [6, 6.07) is 26.0. The van der Waals surface area contributed by atoms with Crippen molar-refractivity contribution in [3.05, 3.63) is 118 Å². The minimum absolute atomic E-state index is 0.144. The van der Waals surface area contributed by atoms with Gasteiger partial charge in [-0.1, -0.05) is 72.8 Å². The summed E-state index contributed by atoms with van der Waals surface area (Å²) in [5.41, 5.74) is 2.61. The molecule has 0 fully saturated rings. The van der Waals surface area contributed by atoms with E-state index in [4.69, 9.17) is 4.42 Å². The second kappa shape index (κ2) is 6.50. The third-order valence-electron chi connectivity index (χ3n) is 5.18. The second-order valence-electron chi connectivity index (χ2n) is 6.90. The average molecular weight is 367 g/mol. The van der Waals surface area contributed by atoms with Crippen LogP contribution < -0.4 is 5.43 Å². The van der Waals surface area contributed by atoms with Crippen molar-refractivity contribution in [1.82, 2.24) is 4.90 Å². The SMILES string of the molecule is O=C1c2oc3ccccc3c(=O)c2[C@@H](c2ccccc2)N1Cc1ccccc1. The van der Waals surface area contributed by atoms with Crippen molar-refractivity contribution in [3.63, 3.8) is 0 Å². The molecule has 4 nitrogen and oxygen atoms in total. The number of benzene rings is 3. The van der Waals surface area contributed by atoms with E-state index in [0.29, 0.717) is 23.1 Å². The lowest BCUT2D eigenvalue weighted by molar-refractivity contribution is 0.0714. The standard InChI is InChI=1S/C24H17NO3/c26-22-18-13-7-8-14-19(18)28-23-20(22)21(17-11-5-2-6-12-17)25(24(23)27)15-16-9-3-1-4-10-16/h1-14,21H,15H2/t21-/m1/s1. The molecule has 1 atom stereocenters. The van der Waals surface area contributed by atoms with Crippen molar-refractivity contribution in [2.45, 2.75) is 12.6 Å². The molecule has 0 aliphatic carbocycles. The number of hydrogen-bond acceptors (Lipinski definition) is 3. The first-order valence-corrected chi connectivity index (χ1v) is 9.19. The summed E-state index contributed by atoms with van der Waals surface area (Å²) in [5, 5.41) is 0.497. The van der Waals surface area contributed by atoms with Gasteiger partial charge in [0.25, 0.3) is 5.91 Å². The summed E-state index contributed by atoms with van der Waals surface area (Å²) in [6.45, 7) is 0.402. The Hall–Kier alpha value is -3.66. The Morgan fingerprint density at radius 2 is 1.43 bits per heavy atom. The van der Waals surface area contributed by atoms with E-state index in [-0.39, 0.29) is 17.1 Å². The van der Waals surface area contributed by atoms with E-state index in [2.05, 4.69) is 0 Å². The zero-order chi connectivity index (χ0) is 19.1. The topological polar surface area (TPSA) is 50.5 Å². The molecule has 5 rings (SSSR count). The zero-order valence-electron chi connectivity index (χ0n) is 15.0. The molecule has 4 heteroatoms. The number of hydrogen-bond donors (Lipinski definition) is 0. The molecule has 1 aliphatic heterocycles. The van der Waals surface area contributed by atoms with Gasteiger partial charge in [-0.15, -0.1) is 0 Å². The minimum atomic E-state index is -0.468. The number of amides is 1. The Balaban J connectivity index is 1.74. The van der Waals surface area contributed by atoms with Crippen LogP contribution in [0.25, 0.3) is 11.0 Å². The van der Waals surface area contributed by atoms with Gasteiger partial charge < -0.3 is 9.32 Å². The molecule has 1 aliphatic rings. The maximum Gasteiger partial charge on any atom is 0.291 e. The molecule has 1 aromatic heterocycles. The monoisotopic (exact) mass is 367 g/mol. The number of carbonyl (C=O) groups is 1. The van der Waals surface area contributed by atoms with E-state index in [0.717, 1.165) is 11.1 Å². The predicted octanol–water partition coefficient (Wildman–Crippen LogP) is 4.54. The third kappa shape index (κ3) is 2.54. The van der Waals surface area contributed by atoms with Crippen molar-refractivity contribution in [1.29, 1.82) is 0 Å². The highest BCUT2D eigenvalue weighted by Gasteiger charge is 2.42. The molecule has 0 saturated heterocycles. The lowest BCUT2D eigenvalue weighted by Gasteiger charge is -2.25. The highest BCUT2D eigenvalue weighted by atomic mass is 16.3. The second-order valence-corrected chi connectivity index (χ2v) is 6.90. The number of rotatable bonds is 3. The Morgan fingerprint density at radius 1 is 0.786 bits per heavy atom. The first-order chi connectivity index (χ1) is 13.7. The Bertz CT molecular complexity index is 1230. The minimum Gasteiger partial charge on any atom is -0.450 e. The van der Waals surface area contributed by atoms with E-state index >= 15 is 0 Å². The quantitative estimate of drug-likeness (QED) is 0.534. The van der Waals surface area contributed by atoms with Crippen LogP contribution in [0.2, 0.25) is 0 Å². The summed E-state index contributed by atoms with van der Waals surface area (Å²) >= 11 is 0. The molecule has 1 amide bonds. The van der Waals surface area contributed by atoms with Gasteiger partial charge in [-0.3, -0.25) is 9.59 Å². The molecule has 28 heavy (non-hydrogen) atoms. The van der Waals surface area contributed by atoms with Crippen LogP contribution in [0, 0.1) is 0 Å². The lowest BCUT2D eigenvalue weighted by atomic mass is 9.98. The van der Waals surface area contributed by atoms with E-state index in [1.54, 1.807) is 23.1 Å². The number of fused-ring (bicyclic) bond motifs is 2. The average Bonchev–Trinajstić information content (AvgIpc) is 3.02. The van der Waals surface area contributed by atoms with Gasteiger partial charge in [-0.2, -0.15) is 0 Å². The number of carbonyl (C=O) groups excluding carboxylic acids is 1. The van der Waals surface area contributed by atoms with Crippen LogP contribution in [0.1, 0.15) is 33.3 Å². The van der Waals surface area contributed by atoms with E-state index < -0.39 is 6.04 Å². The Morgan fingerprint density at radius 3 is 2.18 bits per heavy atom. The van der Waals surface area contributed by atoms with E-state index in [9.17, 15) is 9.59 Å². The molecule has 3 aromatic carbocycles. The third-order valence-corrected chi connectivity index (χ3v) is 5.18. The van der Waals surface area contributed by atoms with Crippen LogP contribution in [0.5, 0.6) is 0 Å². The molecule has 2 heterocycles. The van der Waals surface area contributed by atoms with Crippen molar-refractivity contribution in [2.75, 3.05) is 0 Å². The van der Waals surface area contributed by atoms with Crippen LogP contribution in [-0.4, -0.2) is 10.8 Å². The fourth-order valence-electron chi connectivity index (χ4n) is 3.89. The zero-order valence-corrected chi connectivity index (χ0v) is 15.0. The molecular formula is C24H17NO3. The van der Waals surface area contributed by atoms with Crippen LogP contribution in [0.3, 0.4) is 0 Å². The Labute approximate surface area is 161 Å². The summed E-state index contributed by atoms with van der Waals surface area (Å²) in [7, 11) is 0. The highest BCUT2D eigenvalue weighted by molar-refractivity contribution is 5.99. The van der Waals surface area contributed by atoms with Crippen LogP contribution >= 0.6 is 0 Å². The fraction of sp³-hybridized carbons (Fsp3) is 0.0833. The predicted molar refractivity (Wildman–Crippen MR) is 107 cm³/mol. The van der Waals surface area contributed by atoms with Gasteiger partial charge in [0.05, 0.1) is 17.0 Å². The molecule has 0 radical (unpaired) electrons. The largest absolute Gasteiger partial charge is 0.450 e. The van der Waals surface area contributed by atoms with Crippen LogP contribution in [0.4, 0.5) is 0 Å². The van der Waals surface area contributed by atoms with Crippen molar-refractivity contribution >= 4 is 16.9 Å². The highest BCUT2D eigenvalue weighted by Crippen LogP contribution is 2.38. The molecule has 0 saturated carbocycles. The van der Waals surface area contributed by atoms with Crippen LogP contribution in [-0.2, 0) is 6.54 Å². The molecular weight excluding hydrogens is 350 g/mol. The summed E-state index contributed by atoms with van der Waals surface area (Å²) in [6.07, 6.45) is 0. The molecule has 4 aromatic rings. The van der Waals surface area contributed by atoms with Gasteiger partial charge in [0.1, 0.15) is 5.58 Å². The summed E-state index contributed by atoms with van der Waals surface area (Å²) in [5.74, 6) is -0.107. The number of para-hydroxylation sites is 1. The van der Waals surface area contributed by atoms with E-state index in [1.165, 1.54) is 0 Å². The van der Waals surface area contributed by atoms with Crippen molar-refractivity contribution in [3.8, 4) is 0 Å². The van der Waals surface area contributed by atoms with Crippen molar-refractivity contribution in [2.24, 2.45) is 0 Å². The van der Waals surface area contributed by atoms with Gasteiger partial charge in [-0.25, -0.2) is 0 Å². The normalized spacial score (nSPS) is 15.8. The summed E-state index contributed by atoms with van der Waals surface area (Å²) < 4.78 is 5.93. The van der Waals surface area contributed by atoms with Gasteiger partial charge in [0, 0.05) is 6.54 Å². The number of nitrogens with zero attached hydrogens (tertiary/aromatic N) is 1. The molecule has 0 spiro atoms.